The molecule has 0 saturated heterocycles. The van der Waals surface area contributed by atoms with Crippen LogP contribution in [-0.4, -0.2) is 35.4 Å². The molecule has 2 amide bonds. The first kappa shape index (κ1) is 27.2. The molecule has 2 aromatic rings. The second-order valence-corrected chi connectivity index (χ2v) is 10.4. The predicted octanol–water partition coefficient (Wildman–Crippen LogP) is 6.35. The van der Waals surface area contributed by atoms with Gasteiger partial charge in [-0.2, -0.15) is 0 Å². The summed E-state index contributed by atoms with van der Waals surface area (Å²) in [5, 5.41) is 3.16. The monoisotopic (exact) mass is 546 g/mol. The first-order valence-corrected chi connectivity index (χ1v) is 13.3. The highest BCUT2D eigenvalue weighted by molar-refractivity contribution is 9.10. The molecule has 7 heteroatoms. The average Bonchev–Trinajstić information content (AvgIpc) is 2.84. The molecule has 1 N–H and O–H groups in total. The molecule has 1 atom stereocenters. The maximum absolute atomic E-state index is 13.5. The molecule has 0 aliphatic heterocycles. The minimum absolute atomic E-state index is 0.141. The fourth-order valence-electron chi connectivity index (χ4n) is 4.47. The molecule has 5 nitrogen and oxygen atoms in total. The maximum atomic E-state index is 13.5. The summed E-state index contributed by atoms with van der Waals surface area (Å²) in [6.07, 6.45) is 5.83. The Bertz CT molecular complexity index is 990. The lowest BCUT2D eigenvalue weighted by atomic mass is 9.95. The molecule has 0 aromatic heterocycles. The Morgan fingerprint density at radius 3 is 2.40 bits per heavy atom. The fourth-order valence-corrected chi connectivity index (χ4v) is 4.98. The Morgan fingerprint density at radius 1 is 1.11 bits per heavy atom. The number of halogens is 2. The molecule has 0 spiro atoms. The second kappa shape index (κ2) is 13.1. The number of rotatable bonds is 10. The quantitative estimate of drug-likeness (QED) is 0.377. The number of nitrogens with zero attached hydrogens (tertiary/aromatic N) is 1. The third-order valence-electron chi connectivity index (χ3n) is 6.58. The summed E-state index contributed by atoms with van der Waals surface area (Å²) >= 11 is 3.53. The fraction of sp³-hybridized carbons (Fsp3) is 0.500. The lowest BCUT2D eigenvalue weighted by Crippen LogP contribution is -2.52. The van der Waals surface area contributed by atoms with E-state index in [-0.39, 0.29) is 36.8 Å². The maximum Gasteiger partial charge on any atom is 0.261 e. The number of hydrogen-bond donors (Lipinski definition) is 1. The lowest BCUT2D eigenvalue weighted by Gasteiger charge is -2.32. The van der Waals surface area contributed by atoms with Gasteiger partial charge in [0.05, 0.1) is 4.47 Å². The summed E-state index contributed by atoms with van der Waals surface area (Å²) in [6, 6.07) is 11.4. The van der Waals surface area contributed by atoms with E-state index in [1.165, 1.54) is 24.1 Å². The summed E-state index contributed by atoms with van der Waals surface area (Å²) in [7, 11) is 0. The first-order valence-electron chi connectivity index (χ1n) is 12.5. The van der Waals surface area contributed by atoms with Gasteiger partial charge in [-0.3, -0.25) is 9.59 Å². The van der Waals surface area contributed by atoms with Crippen LogP contribution in [0.3, 0.4) is 0 Å². The van der Waals surface area contributed by atoms with E-state index in [2.05, 4.69) is 35.1 Å². The number of ether oxygens (including phenoxy) is 1. The van der Waals surface area contributed by atoms with E-state index in [1.54, 1.807) is 17.0 Å². The smallest absolute Gasteiger partial charge is 0.261 e. The van der Waals surface area contributed by atoms with E-state index < -0.39 is 6.04 Å². The predicted molar refractivity (Wildman–Crippen MR) is 140 cm³/mol. The van der Waals surface area contributed by atoms with E-state index in [9.17, 15) is 14.0 Å². The summed E-state index contributed by atoms with van der Waals surface area (Å²) < 4.78 is 20.1. The van der Waals surface area contributed by atoms with Gasteiger partial charge in [0.2, 0.25) is 5.91 Å². The van der Waals surface area contributed by atoms with Crippen molar-refractivity contribution in [3.63, 3.8) is 0 Å². The molecule has 0 bridgehead atoms. The van der Waals surface area contributed by atoms with Crippen molar-refractivity contribution in [2.45, 2.75) is 83.8 Å². The molecule has 1 saturated carbocycles. The van der Waals surface area contributed by atoms with Crippen molar-refractivity contribution in [1.29, 1.82) is 0 Å². The lowest BCUT2D eigenvalue weighted by molar-refractivity contribution is -0.143. The third-order valence-corrected chi connectivity index (χ3v) is 7.20. The van der Waals surface area contributed by atoms with Crippen molar-refractivity contribution < 1.29 is 18.7 Å². The second-order valence-electron chi connectivity index (χ2n) is 9.55. The standard InChI is InChI=1S/C28H36BrFN2O3/c1-4-25(28(34)31-23-8-6-5-7-9-23)32(17-20-10-13-22(30)14-11-20)27(33)18-35-26-15-12-21(19(2)3)16-24(26)29/h10-16,19,23,25H,4-9,17-18H2,1-3H3,(H,31,34)/t25-/m0/s1. The van der Waals surface area contributed by atoms with Gasteiger partial charge >= 0.3 is 0 Å². The normalized spacial score (nSPS) is 15.0. The molecule has 0 radical (unpaired) electrons. The Kier molecular flexibility index (Phi) is 10.1. The molecule has 190 valence electrons. The van der Waals surface area contributed by atoms with Crippen molar-refractivity contribution in [2.75, 3.05) is 6.61 Å². The largest absolute Gasteiger partial charge is 0.483 e. The van der Waals surface area contributed by atoms with E-state index >= 15 is 0 Å². The van der Waals surface area contributed by atoms with Gasteiger partial charge in [-0.25, -0.2) is 4.39 Å². The molecule has 0 heterocycles. The zero-order valence-electron chi connectivity index (χ0n) is 20.9. The van der Waals surface area contributed by atoms with Crippen LogP contribution in [0, 0.1) is 5.82 Å². The van der Waals surface area contributed by atoms with Crippen molar-refractivity contribution >= 4 is 27.7 Å². The third kappa shape index (κ3) is 7.79. The van der Waals surface area contributed by atoms with Gasteiger partial charge in [0.15, 0.2) is 6.61 Å². The van der Waals surface area contributed by atoms with Crippen molar-refractivity contribution in [2.24, 2.45) is 0 Å². The van der Waals surface area contributed by atoms with E-state index in [0.29, 0.717) is 18.1 Å². The summed E-state index contributed by atoms with van der Waals surface area (Å²) in [6.45, 7) is 6.13. The van der Waals surface area contributed by atoms with Crippen LogP contribution in [0.5, 0.6) is 5.75 Å². The molecular formula is C28H36BrFN2O3. The van der Waals surface area contributed by atoms with Crippen molar-refractivity contribution in [1.82, 2.24) is 10.2 Å². The highest BCUT2D eigenvalue weighted by Gasteiger charge is 2.30. The Labute approximate surface area is 216 Å². The Morgan fingerprint density at radius 2 is 1.80 bits per heavy atom. The van der Waals surface area contributed by atoms with E-state index in [4.69, 9.17) is 4.74 Å². The van der Waals surface area contributed by atoms with Gasteiger partial charge in [0.1, 0.15) is 17.6 Å². The van der Waals surface area contributed by atoms with Crippen LogP contribution in [0.15, 0.2) is 46.9 Å². The molecule has 3 rings (SSSR count). The van der Waals surface area contributed by atoms with Crippen LogP contribution in [-0.2, 0) is 16.1 Å². The number of carbonyl (C=O) groups excluding carboxylic acids is 2. The highest BCUT2D eigenvalue weighted by atomic mass is 79.9. The van der Waals surface area contributed by atoms with E-state index in [0.717, 1.165) is 35.7 Å². The Balaban J connectivity index is 1.76. The van der Waals surface area contributed by atoms with Crippen LogP contribution in [0.25, 0.3) is 0 Å². The summed E-state index contributed by atoms with van der Waals surface area (Å²) in [4.78, 5) is 28.2. The average molecular weight is 548 g/mol. The van der Waals surface area contributed by atoms with Gasteiger partial charge in [0, 0.05) is 12.6 Å². The van der Waals surface area contributed by atoms with Crippen LogP contribution in [0.1, 0.15) is 76.3 Å². The van der Waals surface area contributed by atoms with Gasteiger partial charge in [-0.05, 0) is 76.5 Å². The van der Waals surface area contributed by atoms with Crippen LogP contribution < -0.4 is 10.1 Å². The molecule has 1 aliphatic rings. The number of nitrogens with one attached hydrogen (secondary N) is 1. The molecule has 1 aliphatic carbocycles. The Hall–Kier alpha value is -2.41. The topological polar surface area (TPSA) is 58.6 Å². The molecular weight excluding hydrogens is 511 g/mol. The van der Waals surface area contributed by atoms with Crippen LogP contribution >= 0.6 is 15.9 Å². The summed E-state index contributed by atoms with van der Waals surface area (Å²) in [5.41, 5.74) is 1.92. The number of hydrogen-bond acceptors (Lipinski definition) is 3. The molecule has 35 heavy (non-hydrogen) atoms. The SMILES string of the molecule is CC[C@@H](C(=O)NC1CCCCC1)N(Cc1ccc(F)cc1)C(=O)COc1ccc(C(C)C)cc1Br. The highest BCUT2D eigenvalue weighted by Crippen LogP contribution is 2.29. The number of amides is 2. The molecule has 2 aromatic carbocycles. The van der Waals surface area contributed by atoms with E-state index in [1.807, 2.05) is 25.1 Å². The van der Waals surface area contributed by atoms with Gasteiger partial charge in [-0.15, -0.1) is 0 Å². The molecule has 1 fully saturated rings. The van der Waals surface area contributed by atoms with Crippen LogP contribution in [0.2, 0.25) is 0 Å². The van der Waals surface area contributed by atoms with Crippen LogP contribution in [0.4, 0.5) is 4.39 Å². The number of benzene rings is 2. The first-order chi connectivity index (χ1) is 16.8. The minimum atomic E-state index is -0.634. The van der Waals surface area contributed by atoms with Gasteiger partial charge < -0.3 is 15.0 Å². The van der Waals surface area contributed by atoms with Crippen molar-refractivity contribution in [3.8, 4) is 5.75 Å². The van der Waals surface area contributed by atoms with Gasteiger partial charge in [-0.1, -0.05) is 58.2 Å². The minimum Gasteiger partial charge on any atom is -0.483 e. The van der Waals surface area contributed by atoms with Gasteiger partial charge in [0.25, 0.3) is 5.91 Å². The number of carbonyl (C=O) groups is 2. The zero-order valence-corrected chi connectivity index (χ0v) is 22.4. The molecule has 0 unspecified atom stereocenters. The summed E-state index contributed by atoms with van der Waals surface area (Å²) in [5.74, 6) is 0.175. The zero-order chi connectivity index (χ0) is 25.4. The van der Waals surface area contributed by atoms with Crippen molar-refractivity contribution in [3.05, 3.63) is 63.9 Å².